The van der Waals surface area contributed by atoms with E-state index in [-0.39, 0.29) is 27.1 Å². The lowest BCUT2D eigenvalue weighted by Gasteiger charge is -2.10. The number of ether oxygens (including phenoxy) is 1. The molecular formula is C14H11Cl2N3O3. The second kappa shape index (κ2) is 7.11. The molecule has 2 rings (SSSR count). The molecule has 6 nitrogen and oxygen atoms in total. The second-order valence-corrected chi connectivity index (χ2v) is 4.97. The zero-order valence-electron chi connectivity index (χ0n) is 11.2. The molecule has 0 aliphatic heterocycles. The summed E-state index contributed by atoms with van der Waals surface area (Å²) in [5.74, 6) is -1.29. The Morgan fingerprint density at radius 2 is 1.86 bits per heavy atom. The fourth-order valence-corrected chi connectivity index (χ4v) is 2.08. The summed E-state index contributed by atoms with van der Waals surface area (Å²) in [4.78, 5) is 27.3. The van der Waals surface area contributed by atoms with E-state index in [4.69, 9.17) is 33.7 Å². The molecule has 114 valence electrons. The number of hydrogen-bond donors (Lipinski definition) is 2. The van der Waals surface area contributed by atoms with Gasteiger partial charge in [-0.2, -0.15) is 0 Å². The average molecular weight is 340 g/mol. The molecule has 8 heteroatoms. The topological polar surface area (TPSA) is 94.3 Å². The van der Waals surface area contributed by atoms with Crippen molar-refractivity contribution in [1.29, 1.82) is 0 Å². The Morgan fingerprint density at radius 1 is 1.18 bits per heavy atom. The molecule has 1 aromatic heterocycles. The van der Waals surface area contributed by atoms with E-state index in [0.717, 1.165) is 0 Å². The zero-order chi connectivity index (χ0) is 16.1. The van der Waals surface area contributed by atoms with Gasteiger partial charge < -0.3 is 15.8 Å². The van der Waals surface area contributed by atoms with Gasteiger partial charge in [0.05, 0.1) is 15.7 Å². The van der Waals surface area contributed by atoms with Crippen molar-refractivity contribution in [1.82, 2.24) is 4.98 Å². The van der Waals surface area contributed by atoms with Crippen molar-refractivity contribution >= 4 is 46.6 Å². The molecule has 0 spiro atoms. The summed E-state index contributed by atoms with van der Waals surface area (Å²) in [5, 5.41) is 3.04. The molecule has 0 saturated carbocycles. The molecular weight excluding hydrogens is 329 g/mol. The highest BCUT2D eigenvalue weighted by molar-refractivity contribution is 6.39. The molecule has 2 aromatic rings. The minimum atomic E-state index is -0.744. The van der Waals surface area contributed by atoms with Gasteiger partial charge in [0.2, 0.25) is 0 Å². The lowest BCUT2D eigenvalue weighted by Crippen LogP contribution is -2.21. The van der Waals surface area contributed by atoms with Crippen molar-refractivity contribution in [2.45, 2.75) is 0 Å². The third-order valence-electron chi connectivity index (χ3n) is 2.62. The molecule has 0 unspecified atom stereocenters. The number of carbonyl (C=O) groups is 2. The summed E-state index contributed by atoms with van der Waals surface area (Å²) >= 11 is 11.8. The monoisotopic (exact) mass is 339 g/mol. The first-order valence-electron chi connectivity index (χ1n) is 6.10. The summed E-state index contributed by atoms with van der Waals surface area (Å²) in [7, 11) is 0. The summed E-state index contributed by atoms with van der Waals surface area (Å²) in [6.45, 7) is -0.505. The fraction of sp³-hybridized carbons (Fsp3) is 0.0714. The van der Waals surface area contributed by atoms with Crippen LogP contribution in [-0.4, -0.2) is 23.5 Å². The Labute approximate surface area is 136 Å². The molecule has 1 aromatic carbocycles. The number of rotatable bonds is 4. The summed E-state index contributed by atoms with van der Waals surface area (Å²) in [5.41, 5.74) is 5.89. The van der Waals surface area contributed by atoms with Gasteiger partial charge in [-0.25, -0.2) is 9.78 Å². The smallest absolute Gasteiger partial charge is 0.342 e. The highest BCUT2D eigenvalue weighted by Gasteiger charge is 2.15. The Hall–Kier alpha value is -2.31. The van der Waals surface area contributed by atoms with Gasteiger partial charge in [-0.15, -0.1) is 0 Å². The van der Waals surface area contributed by atoms with Crippen LogP contribution < -0.4 is 11.1 Å². The summed E-state index contributed by atoms with van der Waals surface area (Å²) in [6.07, 6.45) is 1.44. The zero-order valence-corrected chi connectivity index (χ0v) is 12.7. The molecule has 0 fully saturated rings. The number of anilines is 2. The van der Waals surface area contributed by atoms with Crippen LogP contribution >= 0.6 is 23.2 Å². The standard InChI is InChI=1S/C14H11Cl2N3O3/c15-9-4-1-5-10(16)12(9)19-11(20)7-22-14(21)8-3-2-6-18-13(8)17/h1-6H,7H2,(H2,17,18)(H,19,20). The molecule has 3 N–H and O–H groups in total. The number of para-hydroxylation sites is 1. The number of nitrogens with one attached hydrogen (secondary N) is 1. The van der Waals surface area contributed by atoms with Crippen LogP contribution in [0.2, 0.25) is 10.0 Å². The van der Waals surface area contributed by atoms with Crippen LogP contribution in [-0.2, 0) is 9.53 Å². The number of nitrogens with zero attached hydrogens (tertiary/aromatic N) is 1. The maximum Gasteiger partial charge on any atom is 0.342 e. The maximum absolute atomic E-state index is 11.8. The maximum atomic E-state index is 11.8. The number of aromatic nitrogens is 1. The predicted octanol–water partition coefficient (Wildman–Crippen LogP) is 2.77. The molecule has 22 heavy (non-hydrogen) atoms. The first-order valence-corrected chi connectivity index (χ1v) is 6.86. The van der Waals surface area contributed by atoms with Gasteiger partial charge in [0, 0.05) is 6.20 Å². The Balaban J connectivity index is 1.96. The van der Waals surface area contributed by atoms with Gasteiger partial charge in [0.1, 0.15) is 11.4 Å². The van der Waals surface area contributed by atoms with Crippen LogP contribution in [0.15, 0.2) is 36.5 Å². The number of amides is 1. The number of benzene rings is 1. The lowest BCUT2D eigenvalue weighted by molar-refractivity contribution is -0.119. The Bertz CT molecular complexity index is 702. The van der Waals surface area contributed by atoms with Crippen molar-refractivity contribution in [3.05, 3.63) is 52.1 Å². The molecule has 0 saturated heterocycles. The summed E-state index contributed by atoms with van der Waals surface area (Å²) < 4.78 is 4.87. The highest BCUT2D eigenvalue weighted by atomic mass is 35.5. The van der Waals surface area contributed by atoms with Crippen molar-refractivity contribution in [2.75, 3.05) is 17.7 Å². The van der Waals surface area contributed by atoms with Crippen molar-refractivity contribution in [3.63, 3.8) is 0 Å². The summed E-state index contributed by atoms with van der Waals surface area (Å²) in [6, 6.07) is 7.78. The van der Waals surface area contributed by atoms with Gasteiger partial charge in [0.15, 0.2) is 6.61 Å². The number of hydrogen-bond acceptors (Lipinski definition) is 5. The fourth-order valence-electron chi connectivity index (χ4n) is 1.59. The largest absolute Gasteiger partial charge is 0.452 e. The molecule has 0 aliphatic rings. The lowest BCUT2D eigenvalue weighted by atomic mass is 10.2. The quantitative estimate of drug-likeness (QED) is 0.835. The van der Waals surface area contributed by atoms with E-state index in [1.165, 1.54) is 18.3 Å². The number of carbonyl (C=O) groups excluding carboxylic acids is 2. The second-order valence-electron chi connectivity index (χ2n) is 4.16. The number of nitrogen functional groups attached to an aromatic ring is 1. The van der Waals surface area contributed by atoms with Gasteiger partial charge in [-0.3, -0.25) is 4.79 Å². The van der Waals surface area contributed by atoms with Crippen LogP contribution in [0.25, 0.3) is 0 Å². The molecule has 0 bridgehead atoms. The average Bonchev–Trinajstić information content (AvgIpc) is 2.49. The first-order chi connectivity index (χ1) is 10.5. The first kappa shape index (κ1) is 16.1. The molecule has 0 radical (unpaired) electrons. The highest BCUT2D eigenvalue weighted by Crippen LogP contribution is 2.29. The molecule has 1 heterocycles. The van der Waals surface area contributed by atoms with E-state index >= 15 is 0 Å². The van der Waals surface area contributed by atoms with Crippen LogP contribution in [0, 0.1) is 0 Å². The Kier molecular flexibility index (Phi) is 5.19. The van der Waals surface area contributed by atoms with Gasteiger partial charge in [-0.1, -0.05) is 29.3 Å². The van der Waals surface area contributed by atoms with Crippen molar-refractivity contribution in [3.8, 4) is 0 Å². The third kappa shape index (κ3) is 3.87. The molecule has 0 aliphatic carbocycles. The number of halogens is 2. The van der Waals surface area contributed by atoms with Crippen LogP contribution in [0.1, 0.15) is 10.4 Å². The minimum Gasteiger partial charge on any atom is -0.452 e. The SMILES string of the molecule is Nc1ncccc1C(=O)OCC(=O)Nc1c(Cl)cccc1Cl. The van der Waals surface area contributed by atoms with E-state index in [0.29, 0.717) is 0 Å². The molecule has 0 atom stereocenters. The minimum absolute atomic E-state index is 0.0297. The number of nitrogens with two attached hydrogens (primary N) is 1. The number of esters is 1. The number of pyridine rings is 1. The van der Waals surface area contributed by atoms with Crippen molar-refractivity contribution in [2.24, 2.45) is 0 Å². The van der Waals surface area contributed by atoms with Crippen LogP contribution in [0.3, 0.4) is 0 Å². The third-order valence-corrected chi connectivity index (χ3v) is 3.25. The normalized spacial score (nSPS) is 10.1. The van der Waals surface area contributed by atoms with Gasteiger partial charge in [-0.05, 0) is 24.3 Å². The van der Waals surface area contributed by atoms with E-state index in [1.54, 1.807) is 18.2 Å². The van der Waals surface area contributed by atoms with Gasteiger partial charge >= 0.3 is 5.97 Å². The van der Waals surface area contributed by atoms with E-state index in [9.17, 15) is 9.59 Å². The molecule has 1 amide bonds. The van der Waals surface area contributed by atoms with Crippen LogP contribution in [0.5, 0.6) is 0 Å². The van der Waals surface area contributed by atoms with E-state index in [1.807, 2.05) is 0 Å². The Morgan fingerprint density at radius 3 is 2.50 bits per heavy atom. The van der Waals surface area contributed by atoms with E-state index in [2.05, 4.69) is 10.3 Å². The van der Waals surface area contributed by atoms with Gasteiger partial charge in [0.25, 0.3) is 5.91 Å². The van der Waals surface area contributed by atoms with Crippen LogP contribution in [0.4, 0.5) is 11.5 Å². The van der Waals surface area contributed by atoms with Crippen molar-refractivity contribution < 1.29 is 14.3 Å². The van der Waals surface area contributed by atoms with E-state index < -0.39 is 18.5 Å². The predicted molar refractivity (Wildman–Crippen MR) is 84.0 cm³/mol.